The number of rotatable bonds is 8. The van der Waals surface area contributed by atoms with Crippen LogP contribution in [0.25, 0.3) is 0 Å². The van der Waals surface area contributed by atoms with Crippen LogP contribution in [0.1, 0.15) is 64.2 Å². The largest absolute Gasteiger partial charge is 0.396 e. The molecule has 0 spiro atoms. The van der Waals surface area contributed by atoms with Crippen LogP contribution >= 0.6 is 0 Å². The van der Waals surface area contributed by atoms with Crippen molar-refractivity contribution in [2.75, 3.05) is 26.4 Å². The summed E-state index contributed by atoms with van der Waals surface area (Å²) < 4.78 is 0. The van der Waals surface area contributed by atoms with Crippen molar-refractivity contribution in [3.8, 4) is 0 Å². The van der Waals surface area contributed by atoms with Crippen LogP contribution in [0, 0.1) is 21.7 Å². The van der Waals surface area contributed by atoms with Gasteiger partial charge in [-0.25, -0.2) is 0 Å². The van der Waals surface area contributed by atoms with Crippen molar-refractivity contribution in [1.29, 1.82) is 0 Å². The monoisotopic (exact) mass is 312 g/mol. The predicted octanol–water partition coefficient (Wildman–Crippen LogP) is 1.84. The van der Waals surface area contributed by atoms with Gasteiger partial charge in [-0.2, -0.15) is 0 Å². The minimum atomic E-state index is 0.156. The molecule has 4 N–H and O–H groups in total. The number of hydrogen-bond donors (Lipinski definition) is 4. The first-order chi connectivity index (χ1) is 10.5. The average Bonchev–Trinajstić information content (AvgIpc) is 2.36. The molecule has 0 aromatic rings. The molecule has 4 nitrogen and oxygen atoms in total. The first-order valence-corrected chi connectivity index (χ1v) is 8.92. The molecular weight excluding hydrogens is 280 g/mol. The van der Waals surface area contributed by atoms with Gasteiger partial charge in [0.25, 0.3) is 0 Å². The van der Waals surface area contributed by atoms with Gasteiger partial charge in [0.05, 0.1) is 0 Å². The Morgan fingerprint density at radius 1 is 0.409 bits per heavy atom. The van der Waals surface area contributed by atoms with E-state index in [1.54, 1.807) is 0 Å². The van der Waals surface area contributed by atoms with Gasteiger partial charge in [0.1, 0.15) is 0 Å². The highest BCUT2D eigenvalue weighted by Crippen LogP contribution is 2.76. The van der Waals surface area contributed by atoms with E-state index in [9.17, 15) is 20.4 Å². The predicted molar refractivity (Wildman–Crippen MR) is 84.2 cm³/mol. The van der Waals surface area contributed by atoms with Gasteiger partial charge in [-0.1, -0.05) is 0 Å². The first kappa shape index (κ1) is 16.7. The van der Waals surface area contributed by atoms with Gasteiger partial charge in [-0.05, 0) is 85.9 Å². The van der Waals surface area contributed by atoms with Gasteiger partial charge < -0.3 is 20.4 Å². The van der Waals surface area contributed by atoms with E-state index in [0.717, 1.165) is 64.2 Å². The lowest BCUT2D eigenvalue weighted by Crippen LogP contribution is -2.61. The Hall–Kier alpha value is -0.160. The summed E-state index contributed by atoms with van der Waals surface area (Å²) in [6, 6.07) is 0. The Labute approximate surface area is 133 Å². The molecule has 0 atom stereocenters. The van der Waals surface area contributed by atoms with E-state index in [4.69, 9.17) is 0 Å². The minimum Gasteiger partial charge on any atom is -0.396 e. The van der Waals surface area contributed by atoms with E-state index in [1.807, 2.05) is 0 Å². The molecule has 0 aromatic heterocycles. The zero-order chi connectivity index (χ0) is 15.9. The summed E-state index contributed by atoms with van der Waals surface area (Å²) >= 11 is 0. The van der Waals surface area contributed by atoms with Gasteiger partial charge in [0.2, 0.25) is 0 Å². The molecule has 22 heavy (non-hydrogen) atoms. The van der Waals surface area contributed by atoms with Crippen molar-refractivity contribution >= 4 is 0 Å². The number of aliphatic hydroxyl groups is 4. The highest BCUT2D eigenvalue weighted by Gasteiger charge is 2.66. The minimum absolute atomic E-state index is 0.156. The Bertz CT molecular complexity index is 296. The average molecular weight is 312 g/mol. The fraction of sp³-hybridized carbons (Fsp3) is 1.00. The van der Waals surface area contributed by atoms with Crippen LogP contribution in [0.4, 0.5) is 0 Å². The topological polar surface area (TPSA) is 80.9 Å². The summed E-state index contributed by atoms with van der Waals surface area (Å²) in [5, 5.41) is 38.5. The quantitative estimate of drug-likeness (QED) is 0.551. The molecule has 4 aliphatic carbocycles. The lowest BCUT2D eigenvalue weighted by atomic mass is 9.33. The summed E-state index contributed by atoms with van der Waals surface area (Å²) in [7, 11) is 0. The van der Waals surface area contributed by atoms with Crippen molar-refractivity contribution in [3.63, 3.8) is 0 Å². The van der Waals surface area contributed by atoms with Crippen molar-refractivity contribution in [1.82, 2.24) is 0 Å². The molecule has 4 fully saturated rings. The van der Waals surface area contributed by atoms with Gasteiger partial charge >= 0.3 is 0 Å². The molecule has 0 heterocycles. The Morgan fingerprint density at radius 2 is 0.591 bits per heavy atom. The van der Waals surface area contributed by atoms with Crippen molar-refractivity contribution in [2.45, 2.75) is 64.2 Å². The first-order valence-electron chi connectivity index (χ1n) is 8.92. The van der Waals surface area contributed by atoms with E-state index in [2.05, 4.69) is 0 Å². The molecule has 0 amide bonds. The van der Waals surface area contributed by atoms with Gasteiger partial charge in [-0.3, -0.25) is 0 Å². The molecule has 0 unspecified atom stereocenters. The van der Waals surface area contributed by atoms with Crippen LogP contribution in [-0.4, -0.2) is 46.9 Å². The fourth-order valence-corrected chi connectivity index (χ4v) is 7.53. The molecule has 4 bridgehead atoms. The molecule has 128 valence electrons. The van der Waals surface area contributed by atoms with E-state index < -0.39 is 0 Å². The van der Waals surface area contributed by atoms with Gasteiger partial charge in [0, 0.05) is 26.4 Å². The zero-order valence-electron chi connectivity index (χ0n) is 13.7. The van der Waals surface area contributed by atoms with Crippen LogP contribution in [-0.2, 0) is 0 Å². The normalized spacial score (nSPS) is 46.4. The number of aliphatic hydroxyl groups excluding tert-OH is 4. The Kier molecular flexibility index (Phi) is 4.35. The van der Waals surface area contributed by atoms with Crippen LogP contribution in [0.15, 0.2) is 0 Å². The number of hydrogen-bond acceptors (Lipinski definition) is 4. The van der Waals surface area contributed by atoms with Gasteiger partial charge in [0.15, 0.2) is 0 Å². The van der Waals surface area contributed by atoms with Crippen molar-refractivity contribution in [2.24, 2.45) is 21.7 Å². The second-order valence-corrected chi connectivity index (χ2v) is 8.96. The summed E-state index contributed by atoms with van der Waals surface area (Å²) in [5.41, 5.74) is 0.623. The molecule has 4 aliphatic rings. The summed E-state index contributed by atoms with van der Waals surface area (Å²) in [6.07, 6.45) is 10.0. The highest BCUT2D eigenvalue weighted by atomic mass is 16.3. The van der Waals surface area contributed by atoms with Crippen LogP contribution in [0.3, 0.4) is 0 Å². The van der Waals surface area contributed by atoms with Crippen LogP contribution in [0.2, 0.25) is 0 Å². The highest BCUT2D eigenvalue weighted by molar-refractivity contribution is 5.17. The third kappa shape index (κ3) is 2.62. The Balaban J connectivity index is 2.00. The van der Waals surface area contributed by atoms with E-state index >= 15 is 0 Å². The third-order valence-electron chi connectivity index (χ3n) is 7.07. The lowest BCUT2D eigenvalue weighted by molar-refractivity contribution is -0.218. The maximum atomic E-state index is 9.62. The van der Waals surface area contributed by atoms with Gasteiger partial charge in [-0.15, -0.1) is 0 Å². The molecule has 4 saturated carbocycles. The standard InChI is InChI=1S/C18H32O4/c19-5-1-15-9-16(2-6-20)12-17(10-15,3-7-21)14-18(11-15,13-16)4-8-22/h19-22H,1-14H2. The third-order valence-corrected chi connectivity index (χ3v) is 7.07. The van der Waals surface area contributed by atoms with E-state index in [0.29, 0.717) is 0 Å². The van der Waals surface area contributed by atoms with Crippen LogP contribution in [0.5, 0.6) is 0 Å². The second kappa shape index (κ2) is 5.73. The smallest absolute Gasteiger partial charge is 0.0436 e. The summed E-state index contributed by atoms with van der Waals surface area (Å²) in [6.45, 7) is 0.887. The SMILES string of the molecule is OCCC12CC3(CCO)CC(CCO)(C1)CC(CCO)(C2)C3. The molecule has 4 rings (SSSR count). The van der Waals surface area contributed by atoms with Crippen molar-refractivity contribution in [3.05, 3.63) is 0 Å². The molecule has 0 aromatic carbocycles. The molecule has 0 saturated heterocycles. The molecular formula is C18H32O4. The van der Waals surface area contributed by atoms with Crippen LogP contribution < -0.4 is 0 Å². The molecule has 4 heteroatoms. The molecule has 0 radical (unpaired) electrons. The van der Waals surface area contributed by atoms with E-state index in [-0.39, 0.29) is 48.1 Å². The van der Waals surface area contributed by atoms with E-state index in [1.165, 1.54) is 0 Å². The fourth-order valence-electron chi connectivity index (χ4n) is 7.53. The second-order valence-electron chi connectivity index (χ2n) is 8.96. The maximum absolute atomic E-state index is 9.62. The maximum Gasteiger partial charge on any atom is 0.0436 e. The van der Waals surface area contributed by atoms with Crippen molar-refractivity contribution < 1.29 is 20.4 Å². The Morgan fingerprint density at radius 3 is 0.727 bits per heavy atom. The zero-order valence-corrected chi connectivity index (χ0v) is 13.7. The lowest BCUT2D eigenvalue weighted by Gasteiger charge is -2.71. The summed E-state index contributed by atoms with van der Waals surface area (Å²) in [4.78, 5) is 0. The molecule has 0 aliphatic heterocycles. The summed E-state index contributed by atoms with van der Waals surface area (Å²) in [5.74, 6) is 0.